The van der Waals surface area contributed by atoms with Gasteiger partial charge < -0.3 is 4.43 Å². The monoisotopic (exact) mass is 203 g/mol. The van der Waals surface area contributed by atoms with Crippen LogP contribution in [0.2, 0.25) is 0 Å². The van der Waals surface area contributed by atoms with E-state index in [-0.39, 0.29) is 11.1 Å². The molecule has 0 fully saturated rings. The molecule has 2 N–H and O–H groups in total. The van der Waals surface area contributed by atoms with Crippen molar-refractivity contribution in [2.45, 2.75) is 52.6 Å². The van der Waals surface area contributed by atoms with Crippen molar-refractivity contribution >= 4 is 9.36 Å². The van der Waals surface area contributed by atoms with E-state index in [0.717, 1.165) is 0 Å². The van der Waals surface area contributed by atoms with Gasteiger partial charge in [0.15, 0.2) is 0 Å². The van der Waals surface area contributed by atoms with Gasteiger partial charge in [0.05, 0.1) is 0 Å². The van der Waals surface area contributed by atoms with E-state index in [0.29, 0.717) is 0 Å². The van der Waals surface area contributed by atoms with Gasteiger partial charge in [-0.15, -0.1) is 0 Å². The van der Waals surface area contributed by atoms with Crippen LogP contribution in [-0.2, 0) is 4.43 Å². The molecular weight excluding hydrogens is 180 g/mol. The first-order valence-corrected chi connectivity index (χ1v) is 6.02. The summed E-state index contributed by atoms with van der Waals surface area (Å²) < 4.78 is 5.38. The van der Waals surface area contributed by atoms with E-state index in [1.807, 2.05) is 0 Å². The minimum absolute atomic E-state index is 0.0998. The Kier molecular flexibility index (Phi) is 4.58. The van der Waals surface area contributed by atoms with Crippen LogP contribution in [0.25, 0.3) is 0 Å². The molecule has 0 saturated carbocycles. The lowest BCUT2D eigenvalue weighted by Crippen LogP contribution is -2.61. The van der Waals surface area contributed by atoms with Gasteiger partial charge in [-0.25, -0.2) is 0 Å². The summed E-state index contributed by atoms with van der Waals surface area (Å²) in [7, 11) is 0.643. The van der Waals surface area contributed by atoms with Gasteiger partial charge in [-0.3, -0.25) is 9.96 Å². The third-order valence-electron chi connectivity index (χ3n) is 1.18. The zero-order valence-electron chi connectivity index (χ0n) is 9.91. The van der Waals surface area contributed by atoms with Crippen LogP contribution in [0.5, 0.6) is 0 Å². The fourth-order valence-electron chi connectivity index (χ4n) is 0.814. The summed E-state index contributed by atoms with van der Waals surface area (Å²) in [5.41, 5.74) is 0.200. The maximum atomic E-state index is 5.38. The molecule has 0 aromatic rings. The summed E-state index contributed by atoms with van der Waals surface area (Å²) in [6.45, 7) is 12.8. The molecule has 0 amide bonds. The third kappa shape index (κ3) is 8.43. The molecule has 0 atom stereocenters. The quantitative estimate of drug-likeness (QED) is 0.680. The molecule has 0 bridgehead atoms. The standard InChI is InChI=1S/C9H23N2OSi/c1-8(2,3)10-13(12-7)11-9(4,5)6/h10-11H,1-7H3. The lowest BCUT2D eigenvalue weighted by atomic mass is 10.1. The summed E-state index contributed by atoms with van der Waals surface area (Å²) in [6.07, 6.45) is 0. The van der Waals surface area contributed by atoms with E-state index in [2.05, 4.69) is 51.5 Å². The second-order valence-electron chi connectivity index (χ2n) is 5.28. The van der Waals surface area contributed by atoms with Crippen LogP contribution >= 0.6 is 0 Å². The van der Waals surface area contributed by atoms with Crippen LogP contribution in [0.4, 0.5) is 0 Å². The van der Waals surface area contributed by atoms with Gasteiger partial charge in [0, 0.05) is 18.2 Å². The van der Waals surface area contributed by atoms with E-state index in [4.69, 9.17) is 4.43 Å². The molecule has 4 heteroatoms. The number of rotatable bonds is 3. The minimum atomic E-state index is -1.10. The topological polar surface area (TPSA) is 33.3 Å². The Labute approximate surface area is 84.1 Å². The molecule has 0 aromatic heterocycles. The van der Waals surface area contributed by atoms with Crippen LogP contribution < -0.4 is 9.96 Å². The van der Waals surface area contributed by atoms with Gasteiger partial charge in [0.2, 0.25) is 0 Å². The van der Waals surface area contributed by atoms with E-state index >= 15 is 0 Å². The number of hydrogen-bond donors (Lipinski definition) is 2. The van der Waals surface area contributed by atoms with E-state index in [9.17, 15) is 0 Å². The van der Waals surface area contributed by atoms with Crippen molar-refractivity contribution in [1.82, 2.24) is 9.96 Å². The average molecular weight is 203 g/mol. The molecule has 0 saturated heterocycles. The highest BCUT2D eigenvalue weighted by Crippen LogP contribution is 2.03. The summed E-state index contributed by atoms with van der Waals surface area (Å²) in [5, 5.41) is 0. The average Bonchev–Trinajstić information content (AvgIpc) is 1.79. The van der Waals surface area contributed by atoms with Gasteiger partial charge in [0.25, 0.3) is 0 Å². The maximum Gasteiger partial charge on any atom is 0.402 e. The van der Waals surface area contributed by atoms with Crippen molar-refractivity contribution in [3.8, 4) is 0 Å². The highest BCUT2D eigenvalue weighted by molar-refractivity contribution is 6.46. The predicted molar refractivity (Wildman–Crippen MR) is 58.5 cm³/mol. The Morgan fingerprint density at radius 1 is 0.846 bits per heavy atom. The predicted octanol–water partition coefficient (Wildman–Crippen LogP) is 1.39. The van der Waals surface area contributed by atoms with Gasteiger partial charge in [0.1, 0.15) is 0 Å². The molecule has 1 radical (unpaired) electrons. The molecule has 0 unspecified atom stereocenters. The molecule has 3 nitrogen and oxygen atoms in total. The highest BCUT2D eigenvalue weighted by Gasteiger charge is 2.25. The summed E-state index contributed by atoms with van der Waals surface area (Å²) in [6, 6.07) is 0. The molecule has 79 valence electrons. The van der Waals surface area contributed by atoms with Gasteiger partial charge >= 0.3 is 9.36 Å². The van der Waals surface area contributed by atoms with Crippen LogP contribution in [0.3, 0.4) is 0 Å². The van der Waals surface area contributed by atoms with Gasteiger partial charge in [-0.1, -0.05) is 0 Å². The zero-order valence-corrected chi connectivity index (χ0v) is 10.9. The van der Waals surface area contributed by atoms with Crippen molar-refractivity contribution in [3.05, 3.63) is 0 Å². The van der Waals surface area contributed by atoms with E-state index in [1.165, 1.54) is 0 Å². The first kappa shape index (κ1) is 13.1. The van der Waals surface area contributed by atoms with Crippen molar-refractivity contribution in [1.29, 1.82) is 0 Å². The van der Waals surface area contributed by atoms with Crippen molar-refractivity contribution in [3.63, 3.8) is 0 Å². The number of nitrogens with one attached hydrogen (secondary N) is 2. The Bertz CT molecular complexity index is 133. The molecule has 0 heterocycles. The molecule has 0 aliphatic rings. The van der Waals surface area contributed by atoms with Crippen molar-refractivity contribution in [2.24, 2.45) is 0 Å². The molecule has 13 heavy (non-hydrogen) atoms. The van der Waals surface area contributed by atoms with E-state index < -0.39 is 9.36 Å². The van der Waals surface area contributed by atoms with Crippen LogP contribution in [0, 0.1) is 0 Å². The Morgan fingerprint density at radius 3 is 1.31 bits per heavy atom. The second kappa shape index (κ2) is 4.55. The lowest BCUT2D eigenvalue weighted by molar-refractivity contribution is 0.341. The summed E-state index contributed by atoms with van der Waals surface area (Å²) in [5.74, 6) is 0. The SMILES string of the molecule is CO[Si](NC(C)(C)C)NC(C)(C)C. The maximum absolute atomic E-state index is 5.38. The normalized spacial score (nSPS) is 13.8. The second-order valence-corrected chi connectivity index (χ2v) is 6.85. The van der Waals surface area contributed by atoms with Crippen LogP contribution in [0.15, 0.2) is 0 Å². The fourth-order valence-corrected chi connectivity index (χ4v) is 2.44. The summed E-state index contributed by atoms with van der Waals surface area (Å²) >= 11 is 0. The molecular formula is C9H23N2OSi. The fraction of sp³-hybridized carbons (Fsp3) is 1.00. The first-order chi connectivity index (χ1) is 5.64. The van der Waals surface area contributed by atoms with Gasteiger partial charge in [-0.05, 0) is 41.5 Å². The van der Waals surface area contributed by atoms with Crippen molar-refractivity contribution in [2.75, 3.05) is 7.11 Å². The Balaban J connectivity index is 4.05. The molecule has 0 aromatic carbocycles. The van der Waals surface area contributed by atoms with Crippen LogP contribution in [-0.4, -0.2) is 27.6 Å². The first-order valence-electron chi connectivity index (χ1n) is 4.61. The van der Waals surface area contributed by atoms with Crippen molar-refractivity contribution < 1.29 is 4.43 Å². The van der Waals surface area contributed by atoms with E-state index in [1.54, 1.807) is 7.11 Å². The Morgan fingerprint density at radius 2 is 1.15 bits per heavy atom. The molecule has 0 aliphatic carbocycles. The number of hydrogen-bond acceptors (Lipinski definition) is 3. The summed E-state index contributed by atoms with van der Waals surface area (Å²) in [4.78, 5) is 6.86. The lowest BCUT2D eigenvalue weighted by Gasteiger charge is -2.30. The minimum Gasteiger partial charge on any atom is -0.394 e. The Hall–Kier alpha value is 0.0969. The third-order valence-corrected chi connectivity index (χ3v) is 3.54. The largest absolute Gasteiger partial charge is 0.402 e. The van der Waals surface area contributed by atoms with Crippen LogP contribution in [0.1, 0.15) is 41.5 Å². The molecule has 0 aliphatic heterocycles. The highest BCUT2D eigenvalue weighted by atomic mass is 28.3. The molecule has 0 rings (SSSR count). The zero-order chi connectivity index (χ0) is 10.7. The smallest absolute Gasteiger partial charge is 0.394 e. The molecule has 0 spiro atoms. The van der Waals surface area contributed by atoms with Gasteiger partial charge in [-0.2, -0.15) is 0 Å².